The molecule has 104 valence electrons. The number of rotatable bonds is 7. The molecule has 1 aliphatic carbocycles. The zero-order valence-electron chi connectivity index (χ0n) is 11.3. The first-order chi connectivity index (χ1) is 9.11. The Morgan fingerprint density at radius 2 is 2.26 bits per heavy atom. The van der Waals surface area contributed by atoms with Crippen molar-refractivity contribution < 1.29 is 14.6 Å². The van der Waals surface area contributed by atoms with Crippen molar-refractivity contribution in [1.82, 2.24) is 9.97 Å². The van der Waals surface area contributed by atoms with Gasteiger partial charge in [-0.25, -0.2) is 9.97 Å². The Morgan fingerprint density at radius 3 is 2.84 bits per heavy atom. The fraction of sp³-hybridized carbons (Fsp3) is 0.615. The molecule has 0 aliphatic heterocycles. The van der Waals surface area contributed by atoms with Gasteiger partial charge in [-0.3, -0.25) is 4.79 Å². The van der Waals surface area contributed by atoms with E-state index in [1.165, 1.54) is 19.2 Å². The smallest absolute Gasteiger partial charge is 0.323 e. The first kappa shape index (κ1) is 13.6. The van der Waals surface area contributed by atoms with Crippen LogP contribution in [-0.4, -0.2) is 40.7 Å². The van der Waals surface area contributed by atoms with Crippen LogP contribution < -0.4 is 9.64 Å². The Bertz CT molecular complexity index is 460. The predicted octanol–water partition coefficient (Wildman–Crippen LogP) is 1.48. The molecular formula is C13H19N3O3. The monoisotopic (exact) mass is 265 g/mol. The topological polar surface area (TPSA) is 75.6 Å². The average molecular weight is 265 g/mol. The number of nitrogens with zero attached hydrogens (tertiary/aromatic N) is 3. The molecule has 6 nitrogen and oxygen atoms in total. The summed E-state index contributed by atoms with van der Waals surface area (Å²) in [6, 6.07) is 0. The van der Waals surface area contributed by atoms with Crippen molar-refractivity contribution in [2.24, 2.45) is 5.92 Å². The van der Waals surface area contributed by atoms with Crippen molar-refractivity contribution in [3.8, 4) is 5.88 Å². The molecule has 0 aromatic carbocycles. The number of hydrogen-bond donors (Lipinski definition) is 1. The van der Waals surface area contributed by atoms with Crippen molar-refractivity contribution in [3.63, 3.8) is 0 Å². The third kappa shape index (κ3) is 3.56. The molecule has 1 heterocycles. The zero-order valence-corrected chi connectivity index (χ0v) is 11.3. The molecule has 1 saturated carbocycles. The standard InChI is InChI=1S/C13H19N3O3/c1-3-19-13-9(2)12(14-8-15-13)16(7-11(17)18)6-10-4-5-10/h8,10H,3-7H2,1-2H3,(H,17,18). The highest BCUT2D eigenvalue weighted by Gasteiger charge is 2.27. The Morgan fingerprint density at radius 1 is 1.53 bits per heavy atom. The molecular weight excluding hydrogens is 246 g/mol. The van der Waals surface area contributed by atoms with E-state index < -0.39 is 5.97 Å². The van der Waals surface area contributed by atoms with E-state index in [-0.39, 0.29) is 6.54 Å². The molecule has 0 radical (unpaired) electrons. The van der Waals surface area contributed by atoms with E-state index in [1.54, 1.807) is 4.90 Å². The van der Waals surface area contributed by atoms with E-state index in [0.29, 0.717) is 24.2 Å². The highest BCUT2D eigenvalue weighted by Crippen LogP contribution is 2.32. The molecule has 0 bridgehead atoms. The molecule has 1 aromatic rings. The quantitative estimate of drug-likeness (QED) is 0.805. The second-order valence-corrected chi connectivity index (χ2v) is 4.78. The number of carbonyl (C=O) groups is 1. The first-order valence-electron chi connectivity index (χ1n) is 6.53. The lowest BCUT2D eigenvalue weighted by Gasteiger charge is -2.23. The normalized spacial score (nSPS) is 14.2. The van der Waals surface area contributed by atoms with Crippen LogP contribution in [0.4, 0.5) is 5.82 Å². The molecule has 0 atom stereocenters. The van der Waals surface area contributed by atoms with Crippen molar-refractivity contribution in [2.45, 2.75) is 26.7 Å². The Balaban J connectivity index is 2.23. The lowest BCUT2D eigenvalue weighted by atomic mass is 10.2. The third-order valence-corrected chi connectivity index (χ3v) is 3.09. The maximum atomic E-state index is 11.0. The minimum absolute atomic E-state index is 0.0417. The van der Waals surface area contributed by atoms with Crippen LogP contribution in [-0.2, 0) is 4.79 Å². The van der Waals surface area contributed by atoms with Crippen LogP contribution in [0.25, 0.3) is 0 Å². The number of anilines is 1. The van der Waals surface area contributed by atoms with Gasteiger partial charge in [0.25, 0.3) is 0 Å². The van der Waals surface area contributed by atoms with Crippen molar-refractivity contribution in [2.75, 3.05) is 24.6 Å². The fourth-order valence-corrected chi connectivity index (χ4v) is 2.03. The van der Waals surface area contributed by atoms with Gasteiger partial charge in [0, 0.05) is 6.54 Å². The summed E-state index contributed by atoms with van der Waals surface area (Å²) in [7, 11) is 0. The second kappa shape index (κ2) is 5.86. The molecule has 2 rings (SSSR count). The first-order valence-corrected chi connectivity index (χ1v) is 6.53. The van der Waals surface area contributed by atoms with Gasteiger partial charge in [0.2, 0.25) is 5.88 Å². The van der Waals surface area contributed by atoms with Crippen LogP contribution in [0.5, 0.6) is 5.88 Å². The van der Waals surface area contributed by atoms with Gasteiger partial charge >= 0.3 is 5.97 Å². The Kier molecular flexibility index (Phi) is 4.19. The lowest BCUT2D eigenvalue weighted by molar-refractivity contribution is -0.135. The highest BCUT2D eigenvalue weighted by atomic mass is 16.5. The molecule has 0 spiro atoms. The summed E-state index contributed by atoms with van der Waals surface area (Å²) in [4.78, 5) is 21.1. The SMILES string of the molecule is CCOc1ncnc(N(CC(=O)O)CC2CC2)c1C. The largest absolute Gasteiger partial charge is 0.480 e. The Labute approximate surface area is 112 Å². The van der Waals surface area contributed by atoms with E-state index >= 15 is 0 Å². The summed E-state index contributed by atoms with van der Waals surface area (Å²) in [5.74, 6) is 0.923. The number of aliphatic carboxylic acids is 1. The van der Waals surface area contributed by atoms with E-state index in [9.17, 15) is 4.79 Å². The van der Waals surface area contributed by atoms with Crippen molar-refractivity contribution in [1.29, 1.82) is 0 Å². The van der Waals surface area contributed by atoms with Gasteiger partial charge < -0.3 is 14.7 Å². The van der Waals surface area contributed by atoms with Crippen LogP contribution in [0.1, 0.15) is 25.3 Å². The summed E-state index contributed by atoms with van der Waals surface area (Å²) >= 11 is 0. The molecule has 0 amide bonds. The molecule has 1 aliphatic rings. The van der Waals surface area contributed by atoms with Gasteiger partial charge in [-0.05, 0) is 32.6 Å². The van der Waals surface area contributed by atoms with Gasteiger partial charge in [0.1, 0.15) is 18.7 Å². The van der Waals surface area contributed by atoms with Crippen LogP contribution in [0.15, 0.2) is 6.33 Å². The summed E-state index contributed by atoms with van der Waals surface area (Å²) in [6.45, 7) is 4.97. The maximum absolute atomic E-state index is 11.0. The molecule has 6 heteroatoms. The molecule has 0 unspecified atom stereocenters. The zero-order chi connectivity index (χ0) is 13.8. The summed E-state index contributed by atoms with van der Waals surface area (Å²) in [5, 5.41) is 9.03. The van der Waals surface area contributed by atoms with Gasteiger partial charge in [0.15, 0.2) is 0 Å². The van der Waals surface area contributed by atoms with Crippen LogP contribution in [0, 0.1) is 12.8 Å². The number of carboxylic acid groups (broad SMARTS) is 1. The number of ether oxygens (including phenoxy) is 1. The summed E-state index contributed by atoms with van der Waals surface area (Å²) in [5.41, 5.74) is 0.797. The summed E-state index contributed by atoms with van der Waals surface area (Å²) < 4.78 is 5.43. The number of carboxylic acids is 1. The van der Waals surface area contributed by atoms with Crippen molar-refractivity contribution >= 4 is 11.8 Å². The third-order valence-electron chi connectivity index (χ3n) is 3.09. The molecule has 1 N–H and O–H groups in total. The molecule has 0 saturated heterocycles. The Hall–Kier alpha value is -1.85. The van der Waals surface area contributed by atoms with Gasteiger partial charge in [-0.2, -0.15) is 0 Å². The summed E-state index contributed by atoms with van der Waals surface area (Å²) in [6.07, 6.45) is 3.76. The average Bonchev–Trinajstić information content (AvgIpc) is 3.15. The maximum Gasteiger partial charge on any atom is 0.323 e. The number of hydrogen-bond acceptors (Lipinski definition) is 5. The van der Waals surface area contributed by atoms with Gasteiger partial charge in [0.05, 0.1) is 12.2 Å². The molecule has 19 heavy (non-hydrogen) atoms. The van der Waals surface area contributed by atoms with Crippen LogP contribution >= 0.6 is 0 Å². The van der Waals surface area contributed by atoms with E-state index in [2.05, 4.69) is 9.97 Å². The highest BCUT2D eigenvalue weighted by molar-refractivity contribution is 5.73. The number of aromatic nitrogens is 2. The lowest BCUT2D eigenvalue weighted by Crippen LogP contribution is -2.33. The van der Waals surface area contributed by atoms with E-state index in [0.717, 1.165) is 12.1 Å². The second-order valence-electron chi connectivity index (χ2n) is 4.78. The molecule has 1 aromatic heterocycles. The van der Waals surface area contributed by atoms with E-state index in [4.69, 9.17) is 9.84 Å². The molecule has 1 fully saturated rings. The van der Waals surface area contributed by atoms with Gasteiger partial charge in [-0.1, -0.05) is 0 Å². The fourth-order valence-electron chi connectivity index (χ4n) is 2.03. The van der Waals surface area contributed by atoms with Crippen LogP contribution in [0.3, 0.4) is 0 Å². The van der Waals surface area contributed by atoms with Crippen LogP contribution in [0.2, 0.25) is 0 Å². The van der Waals surface area contributed by atoms with E-state index in [1.807, 2.05) is 13.8 Å². The minimum atomic E-state index is -0.850. The van der Waals surface area contributed by atoms with Gasteiger partial charge in [-0.15, -0.1) is 0 Å². The predicted molar refractivity (Wildman–Crippen MR) is 70.5 cm³/mol. The minimum Gasteiger partial charge on any atom is -0.480 e. The van der Waals surface area contributed by atoms with Crippen molar-refractivity contribution in [3.05, 3.63) is 11.9 Å².